The molecular formula is C99H148N4O26S2. The lowest BCUT2D eigenvalue weighted by atomic mass is 9.78. The van der Waals surface area contributed by atoms with Crippen molar-refractivity contribution in [1.82, 2.24) is 14.8 Å². The van der Waals surface area contributed by atoms with Gasteiger partial charge in [0.1, 0.15) is 60.2 Å². The number of aliphatic hydroxyl groups excluding tert-OH is 1. The third-order valence-corrected chi connectivity index (χ3v) is 26.8. The van der Waals surface area contributed by atoms with E-state index in [4.69, 9.17) is 89.0 Å². The summed E-state index contributed by atoms with van der Waals surface area (Å²) in [4.78, 5) is 105. The van der Waals surface area contributed by atoms with E-state index in [0.29, 0.717) is 223 Å². The molecule has 15 atom stereocenters. The zero-order valence-corrected chi connectivity index (χ0v) is 81.2. The third-order valence-electron chi connectivity index (χ3n) is 24.7. The molecule has 3 fully saturated rings. The molecule has 4 aliphatic heterocycles. The number of sulfone groups is 1. The molecule has 4 N–H and O–H groups in total. The fourth-order valence-electron chi connectivity index (χ4n) is 16.8. The topological polar surface area (TPSA) is 378 Å². The summed E-state index contributed by atoms with van der Waals surface area (Å²) < 4.78 is 112. The number of nitrogens with two attached hydrogens (primary N) is 1. The number of thiocarbonyl (C=S) groups is 1. The van der Waals surface area contributed by atoms with Crippen molar-refractivity contribution in [2.75, 3.05) is 158 Å². The Labute approximate surface area is 781 Å². The van der Waals surface area contributed by atoms with Crippen LogP contribution in [0, 0.1) is 42.4 Å². The number of pyridine rings is 1. The molecule has 5 heterocycles. The summed E-state index contributed by atoms with van der Waals surface area (Å²) in [6, 6.07) is 12.8. The first-order valence-corrected chi connectivity index (χ1v) is 48.8. The highest BCUT2D eigenvalue weighted by atomic mass is 32.2. The van der Waals surface area contributed by atoms with Gasteiger partial charge in [0.05, 0.1) is 121 Å². The zero-order valence-electron chi connectivity index (χ0n) is 79.5. The van der Waals surface area contributed by atoms with Crippen LogP contribution >= 0.6 is 12.2 Å². The van der Waals surface area contributed by atoms with Crippen LogP contribution < -0.4 is 10.5 Å². The maximum atomic E-state index is 14.7. The van der Waals surface area contributed by atoms with Crippen LogP contribution in [0.15, 0.2) is 107 Å². The predicted octanol–water partition coefficient (Wildman–Crippen LogP) is 12.7. The average Bonchev–Trinajstić information content (AvgIpc) is 0.812. The monoisotopic (exact) mass is 1870 g/mol. The highest BCUT2D eigenvalue weighted by molar-refractivity contribution is 7.91. The molecule has 1 aromatic heterocycles. The Kier molecular flexibility index (Phi) is 49.6. The number of esters is 1. The number of benzene rings is 2. The van der Waals surface area contributed by atoms with Crippen molar-refractivity contribution in [2.24, 2.45) is 35.5 Å². The summed E-state index contributed by atoms with van der Waals surface area (Å²) in [6.45, 7) is 27.3. The quantitative estimate of drug-likeness (QED) is 0.0156. The van der Waals surface area contributed by atoms with Gasteiger partial charge in [0, 0.05) is 127 Å². The predicted molar refractivity (Wildman–Crippen MR) is 500 cm³/mol. The minimum Gasteiger partial charge on any atom is -0.491 e. The standard InChI is InChI=1S/C63H101NO17S.C36H47N3O9S/c1-12-75-29-30-77-33-34-78-32-31-76-28-18-22-56(82)79-52-26-24-48(38-55(52)73-10)37-44(5)54-40-51(65)43(4)36-46(7)58(67)59(74-11)57(66)45(6)35-41(2)19-14-13-15-20-42(3)53(72-9)39-49-25-23-47(8)63(71,81-49)60(68)61(69)64-27-17-16-21-50(64)62(70)80-54;1-3-44-16-17-46-20-21-47-19-18-45-14-12-31(40)5-4-22-49(42,43)32-8-9-33(27(2)23-32)36(41)39-13-15-48-34-10-6-28(24-30(34)26-39)29-7-11-35(37)38-25-29/h13-15,19-20,36,41,43-45,47-50,52-55,58-59,67,71H,12,16-18,21-35,37-40H2,1-11H3;6-11,23-25H,3-5,12-22,26H2,1-2H3,(H2,37,38)/b15-13+,19-14+,42-20+,46-36+;/t41-,43-,44-,45-,47-,48+,49+,50+,52-,53+,54+,55-,58-,59+,63-;/m1./s1. The maximum Gasteiger partial charge on any atom is 0.329 e. The lowest BCUT2D eigenvalue weighted by molar-refractivity contribution is -0.265. The van der Waals surface area contributed by atoms with Gasteiger partial charge >= 0.3 is 5.97 Å². The van der Waals surface area contributed by atoms with Gasteiger partial charge in [0.2, 0.25) is 5.79 Å². The number of rotatable bonds is 41. The van der Waals surface area contributed by atoms with Gasteiger partial charge in [0.25, 0.3) is 17.6 Å². The van der Waals surface area contributed by atoms with Gasteiger partial charge in [-0.3, -0.25) is 28.8 Å². The van der Waals surface area contributed by atoms with Crippen LogP contribution in [0.1, 0.15) is 193 Å². The third kappa shape index (κ3) is 36.6. The number of methoxy groups -OCH3 is 3. The number of hydrogen-bond donors (Lipinski definition) is 3. The van der Waals surface area contributed by atoms with Gasteiger partial charge in [0.15, 0.2) is 20.7 Å². The van der Waals surface area contributed by atoms with Gasteiger partial charge in [-0.1, -0.05) is 77.1 Å². The number of aliphatic hydroxyl groups is 2. The summed E-state index contributed by atoms with van der Waals surface area (Å²) in [5, 5.41) is 24.1. The van der Waals surface area contributed by atoms with Crippen molar-refractivity contribution >= 4 is 73.8 Å². The summed E-state index contributed by atoms with van der Waals surface area (Å²) >= 11 is 5.66. The number of hydrogen-bond acceptors (Lipinski definition) is 29. The molecule has 2 bridgehead atoms. The first-order valence-electron chi connectivity index (χ1n) is 46.8. The Bertz CT molecular complexity index is 4290. The van der Waals surface area contributed by atoms with E-state index in [-0.39, 0.29) is 109 Å². The van der Waals surface area contributed by atoms with E-state index in [9.17, 15) is 52.2 Å². The van der Waals surface area contributed by atoms with E-state index in [1.54, 1.807) is 71.2 Å². The zero-order chi connectivity index (χ0) is 95.4. The maximum absolute atomic E-state index is 14.7. The number of piperidine rings is 1. The van der Waals surface area contributed by atoms with Gasteiger partial charge in [-0.25, -0.2) is 18.2 Å². The van der Waals surface area contributed by atoms with Crippen molar-refractivity contribution in [2.45, 2.75) is 244 Å². The number of fused-ring (bicyclic) bond motifs is 4. The normalized spacial score (nSPS) is 26.4. The molecule has 1 aliphatic carbocycles. The second-order valence-electron chi connectivity index (χ2n) is 34.8. The number of allylic oxidation sites excluding steroid dienone is 6. The van der Waals surface area contributed by atoms with Gasteiger partial charge < -0.3 is 96.8 Å². The Balaban J connectivity index is 0.000000406. The van der Waals surface area contributed by atoms with Crippen LogP contribution in [0.25, 0.3) is 11.1 Å². The summed E-state index contributed by atoms with van der Waals surface area (Å²) in [5.41, 5.74) is 10.7. The molecule has 5 aliphatic rings. The number of Topliss-reactive ketones (excluding diaryl/α,β-unsaturated/α-hetero) is 4. The second kappa shape index (κ2) is 58.7. The number of ketones is 4. The first kappa shape index (κ1) is 111. The number of carbonyl (C=O) groups excluding carboxylic acids is 7. The van der Waals surface area contributed by atoms with Gasteiger partial charge in [-0.15, -0.1) is 0 Å². The fraction of sp³-hybridized carbons (Fsp3) is 0.667. The number of aryl methyl sites for hydroxylation is 1. The van der Waals surface area contributed by atoms with E-state index in [2.05, 4.69) is 4.98 Å². The van der Waals surface area contributed by atoms with Crippen molar-refractivity contribution in [3.8, 4) is 16.9 Å². The van der Waals surface area contributed by atoms with Crippen molar-refractivity contribution in [1.29, 1.82) is 0 Å². The minimum absolute atomic E-state index is 0.00599. The van der Waals surface area contributed by atoms with E-state index >= 15 is 0 Å². The number of anilines is 1. The van der Waals surface area contributed by atoms with Crippen LogP contribution in [0.2, 0.25) is 0 Å². The van der Waals surface area contributed by atoms with E-state index in [0.717, 1.165) is 28.7 Å². The molecular weight excluding hydrogens is 1730 g/mol. The number of cyclic esters (lactones) is 1. The number of amides is 2. The van der Waals surface area contributed by atoms with Crippen LogP contribution in [-0.2, 0) is 111 Å². The molecule has 30 nitrogen and oxygen atoms in total. The fourth-order valence-corrected chi connectivity index (χ4v) is 18.5. The Hall–Kier alpha value is -7.48. The Morgan fingerprint density at radius 2 is 1.34 bits per heavy atom. The minimum atomic E-state index is -3.65. The average molecular weight is 1870 g/mol. The number of aromatic nitrogens is 1. The van der Waals surface area contributed by atoms with Crippen molar-refractivity contribution in [3.63, 3.8) is 0 Å². The molecule has 2 saturated heterocycles. The molecule has 0 unspecified atom stereocenters. The molecule has 0 spiro atoms. The van der Waals surface area contributed by atoms with E-state index in [1.165, 1.54) is 24.1 Å². The Morgan fingerprint density at radius 3 is 1.98 bits per heavy atom. The molecule has 8 rings (SSSR count). The van der Waals surface area contributed by atoms with Gasteiger partial charge in [-0.05, 0) is 206 Å². The number of carbonyl (C=O) groups is 7. The van der Waals surface area contributed by atoms with Crippen LogP contribution in [0.4, 0.5) is 5.82 Å². The van der Waals surface area contributed by atoms with Crippen molar-refractivity contribution in [3.05, 3.63) is 119 Å². The second-order valence-corrected chi connectivity index (χ2v) is 37.3. The molecule has 32 heteroatoms. The van der Waals surface area contributed by atoms with E-state index in [1.807, 2.05) is 96.2 Å². The highest BCUT2D eigenvalue weighted by Gasteiger charge is 2.53. The SMILES string of the molecule is CCOCCOCCOCCOCCC(=O)CCCS(=O)(=O)c1ccc(C(=O)N2CCOc3ccc(-c4ccc(N)nc4)cc3C2)c(C)c1.CCOCCOCCOCCOCCCC(=S)O[C@@H]1CC[C@@H](C[C@@H](C)[C@@H]2CC(=O)[C@H](C)/C=C(\C)[C@@H](O)[C@@H](OC)C(=O)[C@H](C)C[C@H](C)/C=C/C=C/C=C(\C)[C@@H](OC)C[C@@H]3CC[C@@H](C)[C@@](O)(O3)C(=O)C(=O)N3CCCC[C@H]3C(=O)O2)C[C@H]1OC. The highest BCUT2D eigenvalue weighted by Crippen LogP contribution is 2.40. The van der Waals surface area contributed by atoms with Crippen LogP contribution in [0.5, 0.6) is 5.75 Å². The molecule has 1 saturated carbocycles. The summed E-state index contributed by atoms with van der Waals surface area (Å²) in [6.07, 6.45) is 15.1. The van der Waals surface area contributed by atoms with Crippen molar-refractivity contribution < 1.29 is 123 Å². The Morgan fingerprint density at radius 1 is 0.687 bits per heavy atom. The van der Waals surface area contributed by atoms with Gasteiger partial charge in [-0.2, -0.15) is 0 Å². The summed E-state index contributed by atoms with van der Waals surface area (Å²) in [5.74, 6) is -7.42. The van der Waals surface area contributed by atoms with Crippen LogP contribution in [0.3, 0.4) is 0 Å². The molecule has 0 radical (unpaired) electrons. The molecule has 131 heavy (non-hydrogen) atoms. The molecule has 2 amide bonds. The summed E-state index contributed by atoms with van der Waals surface area (Å²) in [7, 11) is 0.963. The lowest BCUT2D eigenvalue weighted by Crippen LogP contribution is -2.61. The first-order chi connectivity index (χ1) is 62.9. The molecule has 732 valence electrons. The smallest absolute Gasteiger partial charge is 0.329 e. The van der Waals surface area contributed by atoms with Crippen LogP contribution in [-0.4, -0.2) is 286 Å². The lowest BCUT2D eigenvalue weighted by Gasteiger charge is -2.42. The largest absolute Gasteiger partial charge is 0.491 e. The molecule has 2 aromatic carbocycles. The molecule has 3 aromatic rings. The number of nitrogen functional groups attached to an aromatic ring is 1. The number of ether oxygens (including phenoxy) is 15. The van der Waals surface area contributed by atoms with E-state index < -0.39 is 87.6 Å². The number of nitrogens with zero attached hydrogens (tertiary/aromatic N) is 3.